The number of carbonyl (C=O) groups excluding carboxylic acids is 1. The normalized spacial score (nSPS) is 15.6. The summed E-state index contributed by atoms with van der Waals surface area (Å²) in [6, 6.07) is 11.7. The first kappa shape index (κ1) is 24.4. The number of benzene rings is 2. The topological polar surface area (TPSA) is 56.8 Å². The fraction of sp³-hybridized carbons (Fsp3) is 0.333. The highest BCUT2D eigenvalue weighted by atomic mass is 35.5. The van der Waals surface area contributed by atoms with Gasteiger partial charge in [0.05, 0.1) is 16.5 Å². The molecule has 1 N–H and O–H groups in total. The van der Waals surface area contributed by atoms with Crippen LogP contribution in [0.25, 0.3) is 6.08 Å². The number of thioether (sulfide) groups is 1. The van der Waals surface area contributed by atoms with E-state index in [1.807, 2.05) is 19.1 Å². The first-order chi connectivity index (χ1) is 15.4. The summed E-state index contributed by atoms with van der Waals surface area (Å²) in [5.41, 5.74) is 2.03. The van der Waals surface area contributed by atoms with Gasteiger partial charge in [-0.3, -0.25) is 4.79 Å². The first-order valence-electron chi connectivity index (χ1n) is 10.5. The number of hydrogen-bond donors (Lipinski definition) is 1. The van der Waals surface area contributed by atoms with Crippen LogP contribution in [0.5, 0.6) is 17.2 Å². The Morgan fingerprint density at radius 2 is 1.84 bits per heavy atom. The molecule has 170 valence electrons. The first-order valence-corrected chi connectivity index (χ1v) is 12.1. The van der Waals surface area contributed by atoms with E-state index < -0.39 is 0 Å². The molecule has 0 saturated carbocycles. The fourth-order valence-electron chi connectivity index (χ4n) is 3.08. The van der Waals surface area contributed by atoms with Crippen molar-refractivity contribution >= 4 is 51.9 Å². The highest BCUT2D eigenvalue weighted by molar-refractivity contribution is 8.26. The monoisotopic (exact) mass is 491 g/mol. The lowest BCUT2D eigenvalue weighted by molar-refractivity contribution is -0.115. The molecule has 1 amide bonds. The minimum absolute atomic E-state index is 0.219. The Labute approximate surface area is 203 Å². The van der Waals surface area contributed by atoms with E-state index in [0.29, 0.717) is 51.5 Å². The number of ether oxygens (including phenoxy) is 3. The van der Waals surface area contributed by atoms with Crippen LogP contribution in [0.3, 0.4) is 0 Å². The van der Waals surface area contributed by atoms with Crippen molar-refractivity contribution in [2.75, 3.05) is 19.8 Å². The lowest BCUT2D eigenvalue weighted by Gasteiger charge is -2.15. The van der Waals surface area contributed by atoms with E-state index in [1.165, 1.54) is 17.3 Å². The van der Waals surface area contributed by atoms with Crippen molar-refractivity contribution in [3.05, 3.63) is 57.5 Å². The van der Waals surface area contributed by atoms with Gasteiger partial charge in [-0.15, -0.1) is 0 Å². The van der Waals surface area contributed by atoms with Gasteiger partial charge in [-0.05, 0) is 60.7 Å². The van der Waals surface area contributed by atoms with Crippen LogP contribution < -0.4 is 19.5 Å². The third kappa shape index (κ3) is 6.40. The van der Waals surface area contributed by atoms with Gasteiger partial charge in [0, 0.05) is 0 Å². The second kappa shape index (κ2) is 11.6. The maximum Gasteiger partial charge on any atom is 0.263 e. The predicted molar refractivity (Wildman–Crippen MR) is 135 cm³/mol. The third-order valence-corrected chi connectivity index (χ3v) is 6.37. The molecule has 0 spiro atoms. The molecule has 0 radical (unpaired) electrons. The second-order valence-electron chi connectivity index (χ2n) is 7.19. The second-order valence-corrected chi connectivity index (χ2v) is 9.32. The molecule has 2 aromatic carbocycles. The van der Waals surface area contributed by atoms with E-state index in [-0.39, 0.29) is 5.91 Å². The van der Waals surface area contributed by atoms with Crippen molar-refractivity contribution in [3.63, 3.8) is 0 Å². The molecule has 1 fully saturated rings. The van der Waals surface area contributed by atoms with Crippen LogP contribution in [0.1, 0.15) is 44.2 Å². The maximum absolute atomic E-state index is 11.9. The Morgan fingerprint density at radius 1 is 1.12 bits per heavy atom. The van der Waals surface area contributed by atoms with E-state index in [4.69, 9.17) is 38.0 Å². The van der Waals surface area contributed by atoms with Crippen LogP contribution in [0, 0.1) is 0 Å². The summed E-state index contributed by atoms with van der Waals surface area (Å²) >= 11 is 12.7. The molecule has 1 atom stereocenters. The third-order valence-electron chi connectivity index (χ3n) is 4.93. The standard InChI is InChI=1S/C24H26ClNO4S2/c1-4-15(3)17-6-8-18(9-7-17)29-10-11-30-22-19(25)12-16(13-20(22)28-5-2)14-21-23(27)26-24(31)32-21/h6-9,12-15H,4-5,10-11H2,1-3H3,(H,26,27,31). The van der Waals surface area contributed by atoms with Gasteiger partial charge in [0.2, 0.25) is 0 Å². The van der Waals surface area contributed by atoms with E-state index in [2.05, 4.69) is 31.3 Å². The molecule has 0 aromatic heterocycles. The van der Waals surface area contributed by atoms with E-state index in [1.54, 1.807) is 18.2 Å². The molecular formula is C24H26ClNO4S2. The number of amides is 1. The molecule has 3 rings (SSSR count). The van der Waals surface area contributed by atoms with Gasteiger partial charge in [0.25, 0.3) is 5.91 Å². The zero-order valence-electron chi connectivity index (χ0n) is 18.3. The summed E-state index contributed by atoms with van der Waals surface area (Å²) in [7, 11) is 0. The number of nitrogens with one attached hydrogen (secondary N) is 1. The molecular weight excluding hydrogens is 466 g/mol. The largest absolute Gasteiger partial charge is 0.490 e. The molecule has 0 aliphatic carbocycles. The summed E-state index contributed by atoms with van der Waals surface area (Å²) in [6.07, 6.45) is 2.83. The van der Waals surface area contributed by atoms with Gasteiger partial charge in [0.15, 0.2) is 11.5 Å². The number of thiocarbonyl (C=S) groups is 1. The molecule has 5 nitrogen and oxygen atoms in total. The Bertz CT molecular complexity index is 1010. The molecule has 1 aliphatic heterocycles. The quantitative estimate of drug-likeness (QED) is 0.242. The SMILES string of the molecule is CCOc1cc(C=C2SC(=S)NC2=O)cc(Cl)c1OCCOc1ccc(C(C)CC)cc1. The van der Waals surface area contributed by atoms with Crippen molar-refractivity contribution in [1.82, 2.24) is 5.32 Å². The van der Waals surface area contributed by atoms with Crippen LogP contribution in [0.4, 0.5) is 0 Å². The van der Waals surface area contributed by atoms with Crippen LogP contribution >= 0.6 is 35.6 Å². The molecule has 2 aromatic rings. The number of hydrogen-bond acceptors (Lipinski definition) is 6. The van der Waals surface area contributed by atoms with E-state index >= 15 is 0 Å². The van der Waals surface area contributed by atoms with Crippen molar-refractivity contribution in [2.45, 2.75) is 33.1 Å². The predicted octanol–water partition coefficient (Wildman–Crippen LogP) is 6.20. The Balaban J connectivity index is 1.63. The Kier molecular flexibility index (Phi) is 8.84. The average Bonchev–Trinajstić information content (AvgIpc) is 3.09. The minimum Gasteiger partial charge on any atom is -0.490 e. The molecule has 1 saturated heterocycles. The van der Waals surface area contributed by atoms with Crippen LogP contribution in [-0.2, 0) is 4.79 Å². The summed E-state index contributed by atoms with van der Waals surface area (Å²) in [4.78, 5) is 12.4. The lowest BCUT2D eigenvalue weighted by Crippen LogP contribution is -2.17. The smallest absolute Gasteiger partial charge is 0.263 e. The van der Waals surface area contributed by atoms with Gasteiger partial charge in [-0.1, -0.05) is 61.6 Å². The maximum atomic E-state index is 11.9. The van der Waals surface area contributed by atoms with E-state index in [9.17, 15) is 4.79 Å². The van der Waals surface area contributed by atoms with Crippen molar-refractivity contribution in [2.24, 2.45) is 0 Å². The van der Waals surface area contributed by atoms with Gasteiger partial charge in [-0.25, -0.2) is 0 Å². The highest BCUT2D eigenvalue weighted by Gasteiger charge is 2.22. The van der Waals surface area contributed by atoms with E-state index in [0.717, 1.165) is 17.7 Å². The summed E-state index contributed by atoms with van der Waals surface area (Å²) in [5, 5.41) is 2.99. The molecule has 0 bridgehead atoms. The highest BCUT2D eigenvalue weighted by Crippen LogP contribution is 2.38. The van der Waals surface area contributed by atoms with Gasteiger partial charge < -0.3 is 19.5 Å². The summed E-state index contributed by atoms with van der Waals surface area (Å²) in [5.74, 6) is 2.07. The summed E-state index contributed by atoms with van der Waals surface area (Å²) < 4.78 is 17.8. The summed E-state index contributed by atoms with van der Waals surface area (Å²) in [6.45, 7) is 7.39. The molecule has 1 unspecified atom stereocenters. The van der Waals surface area contributed by atoms with Gasteiger partial charge in [-0.2, -0.15) is 0 Å². The molecule has 1 aliphatic rings. The zero-order valence-corrected chi connectivity index (χ0v) is 20.7. The Hall–Kier alpha value is -2.22. The molecule has 32 heavy (non-hydrogen) atoms. The van der Waals surface area contributed by atoms with Crippen molar-refractivity contribution < 1.29 is 19.0 Å². The molecule has 1 heterocycles. The lowest BCUT2D eigenvalue weighted by atomic mass is 9.99. The number of halogens is 1. The van der Waals surface area contributed by atoms with Crippen LogP contribution in [0.15, 0.2) is 41.3 Å². The minimum atomic E-state index is -0.219. The van der Waals surface area contributed by atoms with Crippen molar-refractivity contribution in [3.8, 4) is 17.2 Å². The fourth-order valence-corrected chi connectivity index (χ4v) is 4.40. The van der Waals surface area contributed by atoms with Crippen LogP contribution in [-0.4, -0.2) is 30.0 Å². The average molecular weight is 492 g/mol. The van der Waals surface area contributed by atoms with Crippen LogP contribution in [0.2, 0.25) is 5.02 Å². The van der Waals surface area contributed by atoms with Gasteiger partial charge >= 0.3 is 0 Å². The van der Waals surface area contributed by atoms with Gasteiger partial charge in [0.1, 0.15) is 23.3 Å². The molecule has 8 heteroatoms. The number of rotatable bonds is 10. The number of carbonyl (C=O) groups is 1. The Morgan fingerprint density at radius 3 is 2.47 bits per heavy atom. The zero-order chi connectivity index (χ0) is 23.1. The van der Waals surface area contributed by atoms with Crippen molar-refractivity contribution in [1.29, 1.82) is 0 Å².